The summed E-state index contributed by atoms with van der Waals surface area (Å²) in [4.78, 5) is 13.3. The van der Waals surface area contributed by atoms with E-state index in [2.05, 4.69) is 43.0 Å². The molecule has 2 aromatic rings. The summed E-state index contributed by atoms with van der Waals surface area (Å²) in [6, 6.07) is 14.3. The van der Waals surface area contributed by atoms with Gasteiger partial charge in [0.1, 0.15) is 0 Å². The number of benzene rings is 2. The van der Waals surface area contributed by atoms with Crippen LogP contribution in [0.3, 0.4) is 0 Å². The van der Waals surface area contributed by atoms with Crippen LogP contribution in [0.15, 0.2) is 42.5 Å². The fourth-order valence-electron chi connectivity index (χ4n) is 2.70. The van der Waals surface area contributed by atoms with E-state index in [0.29, 0.717) is 0 Å². The smallest absolute Gasteiger partial charge is 0.305 e. The summed E-state index contributed by atoms with van der Waals surface area (Å²) < 4.78 is 0. The minimum Gasteiger partial charge on any atom is -0.481 e. The molecule has 0 radical (unpaired) electrons. The van der Waals surface area contributed by atoms with E-state index in [1.165, 1.54) is 5.39 Å². The van der Waals surface area contributed by atoms with Crippen LogP contribution in [0, 0.1) is 0 Å². The molecule has 0 aliphatic carbocycles. The fourth-order valence-corrected chi connectivity index (χ4v) is 2.70. The number of carboxylic acids is 1. The second-order valence-corrected chi connectivity index (χ2v) is 4.94. The van der Waals surface area contributed by atoms with Crippen molar-refractivity contribution in [3.05, 3.63) is 48.0 Å². The fraction of sp³-hybridized carbons (Fsp3) is 0.353. The summed E-state index contributed by atoms with van der Waals surface area (Å²) in [5, 5.41) is 11.5. The maximum atomic E-state index is 11.2. The molecule has 0 heterocycles. The van der Waals surface area contributed by atoms with Crippen molar-refractivity contribution in [2.75, 3.05) is 13.1 Å². The lowest BCUT2D eigenvalue weighted by atomic mass is 9.98. The van der Waals surface area contributed by atoms with E-state index in [1.807, 2.05) is 18.2 Å². The summed E-state index contributed by atoms with van der Waals surface area (Å²) in [7, 11) is 0. The molecule has 2 rings (SSSR count). The van der Waals surface area contributed by atoms with E-state index in [9.17, 15) is 9.90 Å². The second-order valence-electron chi connectivity index (χ2n) is 4.94. The van der Waals surface area contributed by atoms with Gasteiger partial charge in [0.05, 0.1) is 6.42 Å². The zero-order chi connectivity index (χ0) is 14.5. The first kappa shape index (κ1) is 14.5. The molecule has 3 nitrogen and oxygen atoms in total. The SMILES string of the molecule is CCN(CC)C(CC(=O)O)c1ccc2ccccc2c1. The lowest BCUT2D eigenvalue weighted by Crippen LogP contribution is -2.30. The topological polar surface area (TPSA) is 40.5 Å². The van der Waals surface area contributed by atoms with Crippen molar-refractivity contribution < 1.29 is 9.90 Å². The predicted octanol–water partition coefficient (Wildman–Crippen LogP) is 3.70. The zero-order valence-electron chi connectivity index (χ0n) is 12.0. The quantitative estimate of drug-likeness (QED) is 0.871. The van der Waals surface area contributed by atoms with Gasteiger partial charge in [-0.1, -0.05) is 50.2 Å². The van der Waals surface area contributed by atoms with Gasteiger partial charge in [0.2, 0.25) is 0 Å². The van der Waals surface area contributed by atoms with Gasteiger partial charge in [-0.3, -0.25) is 9.69 Å². The number of hydrogen-bond acceptors (Lipinski definition) is 2. The van der Waals surface area contributed by atoms with Gasteiger partial charge in [-0.15, -0.1) is 0 Å². The van der Waals surface area contributed by atoms with Crippen molar-refractivity contribution in [3.8, 4) is 0 Å². The van der Waals surface area contributed by atoms with Crippen LogP contribution in [0.25, 0.3) is 10.8 Å². The van der Waals surface area contributed by atoms with Crippen molar-refractivity contribution in [2.24, 2.45) is 0 Å². The molecular weight excluding hydrogens is 250 g/mol. The Labute approximate surface area is 119 Å². The summed E-state index contributed by atoms with van der Waals surface area (Å²) in [6.07, 6.45) is 0.139. The molecule has 1 unspecified atom stereocenters. The number of nitrogens with zero attached hydrogens (tertiary/aromatic N) is 1. The molecular formula is C17H21NO2. The van der Waals surface area contributed by atoms with E-state index in [0.717, 1.165) is 24.0 Å². The highest BCUT2D eigenvalue weighted by molar-refractivity contribution is 5.83. The van der Waals surface area contributed by atoms with Crippen molar-refractivity contribution in [1.82, 2.24) is 4.90 Å². The van der Waals surface area contributed by atoms with Crippen molar-refractivity contribution >= 4 is 16.7 Å². The lowest BCUT2D eigenvalue weighted by Gasteiger charge is -2.29. The number of fused-ring (bicyclic) bond motifs is 1. The van der Waals surface area contributed by atoms with Crippen LogP contribution in [0.2, 0.25) is 0 Å². The number of hydrogen-bond donors (Lipinski definition) is 1. The van der Waals surface area contributed by atoms with Gasteiger partial charge in [-0.05, 0) is 35.5 Å². The molecule has 0 spiro atoms. The van der Waals surface area contributed by atoms with Crippen molar-refractivity contribution in [3.63, 3.8) is 0 Å². The summed E-state index contributed by atoms with van der Waals surface area (Å²) in [5.74, 6) is -0.755. The first-order valence-electron chi connectivity index (χ1n) is 7.10. The van der Waals surface area contributed by atoms with E-state index in [4.69, 9.17) is 0 Å². The standard InChI is InChI=1S/C17H21NO2/c1-3-18(4-2)16(12-17(19)20)15-10-9-13-7-5-6-8-14(13)11-15/h5-11,16H,3-4,12H2,1-2H3,(H,19,20). The maximum absolute atomic E-state index is 11.2. The molecule has 3 heteroatoms. The average molecular weight is 271 g/mol. The highest BCUT2D eigenvalue weighted by Gasteiger charge is 2.21. The maximum Gasteiger partial charge on any atom is 0.305 e. The van der Waals surface area contributed by atoms with Gasteiger partial charge in [0, 0.05) is 6.04 Å². The molecule has 0 aliphatic rings. The van der Waals surface area contributed by atoms with Gasteiger partial charge in [-0.2, -0.15) is 0 Å². The molecule has 0 saturated heterocycles. The Balaban J connectivity index is 2.41. The van der Waals surface area contributed by atoms with Crippen LogP contribution in [0.1, 0.15) is 31.9 Å². The van der Waals surface area contributed by atoms with E-state index in [1.54, 1.807) is 0 Å². The van der Waals surface area contributed by atoms with Crippen LogP contribution < -0.4 is 0 Å². The Bertz CT molecular complexity index is 590. The van der Waals surface area contributed by atoms with Gasteiger partial charge >= 0.3 is 5.97 Å². The molecule has 0 aliphatic heterocycles. The number of carboxylic acid groups (broad SMARTS) is 1. The molecule has 0 saturated carbocycles. The molecule has 0 fully saturated rings. The van der Waals surface area contributed by atoms with Crippen LogP contribution in [-0.2, 0) is 4.79 Å². The molecule has 1 atom stereocenters. The highest BCUT2D eigenvalue weighted by Crippen LogP contribution is 2.27. The van der Waals surface area contributed by atoms with Crippen molar-refractivity contribution in [2.45, 2.75) is 26.3 Å². The highest BCUT2D eigenvalue weighted by atomic mass is 16.4. The normalized spacial score (nSPS) is 12.8. The molecule has 0 aromatic heterocycles. The van der Waals surface area contributed by atoms with E-state index in [-0.39, 0.29) is 12.5 Å². The first-order valence-corrected chi connectivity index (χ1v) is 7.10. The number of carbonyl (C=O) groups is 1. The minimum absolute atomic E-state index is 0.0629. The Morgan fingerprint density at radius 3 is 2.35 bits per heavy atom. The van der Waals surface area contributed by atoms with Crippen LogP contribution in [-0.4, -0.2) is 29.1 Å². The minimum atomic E-state index is -0.755. The number of rotatable bonds is 6. The monoisotopic (exact) mass is 271 g/mol. The van der Waals surface area contributed by atoms with Gasteiger partial charge < -0.3 is 5.11 Å². The van der Waals surface area contributed by atoms with E-state index >= 15 is 0 Å². The van der Waals surface area contributed by atoms with Crippen molar-refractivity contribution in [1.29, 1.82) is 0 Å². The average Bonchev–Trinajstić information content (AvgIpc) is 2.46. The molecule has 2 aromatic carbocycles. The summed E-state index contributed by atoms with van der Waals surface area (Å²) in [6.45, 7) is 5.83. The second kappa shape index (κ2) is 6.53. The Morgan fingerprint density at radius 1 is 1.10 bits per heavy atom. The summed E-state index contributed by atoms with van der Waals surface area (Å²) >= 11 is 0. The molecule has 1 N–H and O–H groups in total. The first-order chi connectivity index (χ1) is 9.65. The van der Waals surface area contributed by atoms with Crippen LogP contribution in [0.5, 0.6) is 0 Å². The third-order valence-electron chi connectivity index (χ3n) is 3.78. The van der Waals surface area contributed by atoms with Gasteiger partial charge in [-0.25, -0.2) is 0 Å². The third-order valence-corrected chi connectivity index (χ3v) is 3.78. The Hall–Kier alpha value is -1.87. The molecule has 20 heavy (non-hydrogen) atoms. The zero-order valence-corrected chi connectivity index (χ0v) is 12.0. The third kappa shape index (κ3) is 3.17. The Morgan fingerprint density at radius 2 is 1.75 bits per heavy atom. The van der Waals surface area contributed by atoms with Crippen LogP contribution in [0.4, 0.5) is 0 Å². The molecule has 0 amide bonds. The molecule has 0 bridgehead atoms. The largest absolute Gasteiger partial charge is 0.481 e. The predicted molar refractivity (Wildman–Crippen MR) is 81.9 cm³/mol. The molecule has 106 valence electrons. The van der Waals surface area contributed by atoms with E-state index < -0.39 is 5.97 Å². The number of aliphatic carboxylic acids is 1. The van der Waals surface area contributed by atoms with Gasteiger partial charge in [0.25, 0.3) is 0 Å². The Kier molecular flexibility index (Phi) is 4.74. The lowest BCUT2D eigenvalue weighted by molar-refractivity contribution is -0.138. The van der Waals surface area contributed by atoms with Crippen LogP contribution >= 0.6 is 0 Å². The van der Waals surface area contributed by atoms with Gasteiger partial charge in [0.15, 0.2) is 0 Å². The summed E-state index contributed by atoms with van der Waals surface area (Å²) in [5.41, 5.74) is 1.08.